The molecular formula is C97H82B3Br5Cl4K2N14O11Pt. The van der Waals surface area contributed by atoms with E-state index >= 15 is 0 Å². The first kappa shape index (κ1) is 110. The number of benzene rings is 13. The number of anilines is 2. The van der Waals surface area contributed by atoms with Gasteiger partial charge < -0.3 is 64.5 Å². The molecule has 0 atom stereocenters. The third kappa shape index (κ3) is 39.8. The third-order valence-corrected chi connectivity index (χ3v) is 20.4. The molecule has 0 saturated heterocycles. The van der Waals surface area contributed by atoms with Crippen LogP contribution in [0.3, 0.4) is 0 Å². The molecule has 6 aromatic heterocycles. The number of nitrogens with two attached hydrogens (primary N) is 1. The van der Waals surface area contributed by atoms with Crippen molar-refractivity contribution in [2.45, 2.75) is 0 Å². The standard InChI is InChI=1S/C22H18BN3O2.2C15H13BN2O3.C15H11BrN2O.C9H7BrN2.C6H4Br2.C6H5BrO.C6H7NO.C3H4N2.4ClH.2K.Pt/c1-25-21-11-2-3-12-22(21)28-23(25)17-7-4-9-19(15-17)27-20-10-5-8-18(16-20)26-14-6-13-24-26;2*19-16(20)12-4-1-6-14(10-12)21-15-7-2-5-13(11-15)18-9-3-8-17-18;16-12-4-1-6-14(10-12)19-15-7-2-5-13(11-15)18-9-3-8-17-18;10-8-3-1-4-9(7-8)12-6-2-5-11-12;2*7-5-2-1-3-6(8)4-5;7-5-3-1-2-4-6(5)8;1-2-4-5-3-1;;;;;;;/h2-16H,1H3;2*1-11,19-20H;1-11H;1-7H;1-4H;1-4,8H;1-4,8H,7H2;1-3H,(H,4,5);4*1H;;;/q;;;;;;;;;;;;;;;+4/p-4. The minimum absolute atomic E-state index is 0.146. The second-order valence-electron chi connectivity index (χ2n) is 27.6. The number of halogens is 9. The van der Waals surface area contributed by atoms with Crippen LogP contribution in [-0.4, -0.2) is 181 Å². The molecule has 0 radical (unpaired) electrons. The fourth-order valence-electron chi connectivity index (χ4n) is 11.9. The minimum Gasteiger partial charge on any atom is -0.286 e. The average molecular weight is 2470 g/mol. The maximum absolute atomic E-state index is 9.17. The molecule has 1 aliphatic heterocycles. The topological polar surface area (TPSA) is 315 Å². The van der Waals surface area contributed by atoms with E-state index in [1.807, 2.05) is 296 Å². The number of nitrogens with zero attached hydrogens (tertiary/aromatic N) is 12. The minimum atomic E-state index is -3.06. The van der Waals surface area contributed by atoms with Crippen molar-refractivity contribution in [2.75, 3.05) is 17.6 Å². The molecule has 0 amide bonds. The Morgan fingerprint density at radius 1 is 0.358 bits per heavy atom. The van der Waals surface area contributed by atoms with Crippen molar-refractivity contribution in [1.82, 2.24) is 59.1 Å². The summed E-state index contributed by atoms with van der Waals surface area (Å²) in [6, 6.07) is 109. The van der Waals surface area contributed by atoms with Crippen LogP contribution in [0.15, 0.2) is 449 Å². The van der Waals surface area contributed by atoms with E-state index in [0.29, 0.717) is 45.4 Å². The number of H-pyrrole nitrogens is 1. The number of fused-ring (bicyclic) bond motifs is 1. The maximum Gasteiger partial charge on any atom is 0.0487 e. The summed E-state index contributed by atoms with van der Waals surface area (Å²) in [6.45, 7) is 0. The number of aromatic nitrogens is 12. The molecule has 690 valence electrons. The first-order valence-corrected chi connectivity index (χ1v) is 72.4. The zero-order valence-corrected chi connectivity index (χ0v) is 92.5. The number of hydrogen-bond donors (Lipinski definition) is 8. The smallest absolute Gasteiger partial charge is 0.0487 e. The number of ether oxygens (including phenoxy) is 4. The monoisotopic (exact) mass is 2460 g/mol. The van der Waals surface area contributed by atoms with Crippen LogP contribution in [0.25, 0.3) is 28.4 Å². The van der Waals surface area contributed by atoms with Gasteiger partial charge in [0.05, 0.1) is 39.8 Å². The normalized spacial score (nSPS) is 10.6. The van der Waals surface area contributed by atoms with Crippen LogP contribution >= 0.6 is 117 Å². The van der Waals surface area contributed by atoms with E-state index in [0.717, 1.165) is 90.7 Å². The van der Waals surface area contributed by atoms with Gasteiger partial charge in [-0.05, 0) is 242 Å². The van der Waals surface area contributed by atoms with E-state index < -0.39 is 26.1 Å². The third-order valence-electron chi connectivity index (χ3n) is 17.9. The van der Waals surface area contributed by atoms with Gasteiger partial charge in [0.2, 0.25) is 0 Å². The summed E-state index contributed by atoms with van der Waals surface area (Å²) in [5, 5.41) is 81.4. The van der Waals surface area contributed by atoms with Gasteiger partial charge in [0, 0.05) is 121 Å². The molecule has 0 spiro atoms. The van der Waals surface area contributed by atoms with Crippen molar-refractivity contribution in [3.05, 3.63) is 449 Å². The number of rotatable bonds is 16. The zero-order valence-electron chi connectivity index (χ0n) is 73.0. The van der Waals surface area contributed by atoms with Gasteiger partial charge in [0.25, 0.3) is 0 Å². The number of hydrogen-bond acceptors (Lipinski definition) is 19. The molecule has 0 aliphatic carbocycles. The molecule has 40 heteroatoms. The number of phenols is 2. The Bertz CT molecular complexity index is 6490. The Hall–Kier alpha value is -9.12. The Balaban J connectivity index is 0.000000164. The molecule has 25 nitrogen and oxygen atoms in total. The molecule has 0 unspecified atom stereocenters. The van der Waals surface area contributed by atoms with Gasteiger partial charge >= 0.3 is 134 Å². The van der Waals surface area contributed by atoms with Crippen molar-refractivity contribution in [3.63, 3.8) is 0 Å². The second-order valence-corrected chi connectivity index (χ2v) is 51.9. The van der Waals surface area contributed by atoms with Crippen molar-refractivity contribution >= 4 is 230 Å². The van der Waals surface area contributed by atoms with E-state index in [-0.39, 0.29) is 12.8 Å². The van der Waals surface area contributed by atoms with Gasteiger partial charge in [-0.1, -0.05) is 189 Å². The van der Waals surface area contributed by atoms with Crippen molar-refractivity contribution < 1.29 is 65.8 Å². The molecule has 0 fully saturated rings. The molecule has 13 aromatic carbocycles. The predicted octanol–water partition coefficient (Wildman–Crippen LogP) is 22.4. The Morgan fingerprint density at radius 3 is 0.985 bits per heavy atom. The van der Waals surface area contributed by atoms with Crippen LogP contribution in [0.4, 0.5) is 11.4 Å². The number of nitrogen functional groups attached to an aromatic ring is 1. The summed E-state index contributed by atoms with van der Waals surface area (Å²) in [5.41, 5.74) is 13.3. The van der Waals surface area contributed by atoms with Crippen molar-refractivity contribution in [3.8, 4) is 91.7 Å². The van der Waals surface area contributed by atoms with Gasteiger partial charge in [-0.2, -0.15) is 30.6 Å². The first-order valence-electron chi connectivity index (χ1n) is 41.2. The van der Waals surface area contributed by atoms with E-state index in [4.69, 9.17) is 77.2 Å². The Morgan fingerprint density at radius 2 is 0.679 bits per heavy atom. The number of aromatic hydroxyl groups is 2. The molecule has 7 heterocycles. The zero-order chi connectivity index (χ0) is 97.7. The maximum atomic E-state index is 9.17. The largest absolute Gasteiger partial charge is 0.286 e. The van der Waals surface area contributed by atoms with Gasteiger partial charge in [-0.3, -0.25) is 5.10 Å². The van der Waals surface area contributed by atoms with Crippen LogP contribution in [0.1, 0.15) is 0 Å². The summed E-state index contributed by atoms with van der Waals surface area (Å²) in [6.07, 6.45) is 21.6. The number of phenolic OH excluding ortho intramolecular Hbond substituents is 2. The van der Waals surface area contributed by atoms with Gasteiger partial charge in [-0.25, -0.2) is 23.4 Å². The van der Waals surface area contributed by atoms with Gasteiger partial charge in [-0.15, -0.1) is 0 Å². The summed E-state index contributed by atoms with van der Waals surface area (Å²) in [7, 11) is 18.9. The number of nitrogens with one attached hydrogen (secondary N) is 1. The van der Waals surface area contributed by atoms with Crippen molar-refractivity contribution in [1.29, 1.82) is 0 Å². The molecule has 137 heavy (non-hydrogen) atoms. The summed E-state index contributed by atoms with van der Waals surface area (Å²) < 4.78 is 43.6. The quantitative estimate of drug-likeness (QED) is 0.0253. The van der Waals surface area contributed by atoms with Crippen LogP contribution in [0, 0.1) is 0 Å². The SMILES string of the molecule is Brc1cccc(-n2cccn2)c1.Brc1cccc(Br)c1.Brc1cccc(Oc2cccc(-n3cccn3)c2)c1.CN1B(c2cccc(Oc3cccc(-n4cccn4)c3)c2)Oc2ccccc21.Nc1ccccc1O.OB(O)c1cccc(Oc2cccc(-n3cccn3)c2)c1.OB(O)c1cccc(Oc2cccc(-n3cccn3)c2)c1.Oc1cccc(Br)c1.[Cl][Pt]([Cl])([Cl])[Cl].[K][K].c1cn[nH]c1. The summed E-state index contributed by atoms with van der Waals surface area (Å²) in [4.78, 5) is 2.13. The van der Waals surface area contributed by atoms with Gasteiger partial charge in [0.15, 0.2) is 0 Å². The molecular weight excluding hydrogens is 2380 g/mol. The number of para-hydroxylation sites is 4. The van der Waals surface area contributed by atoms with Crippen LogP contribution in [0.5, 0.6) is 63.2 Å². The van der Waals surface area contributed by atoms with Crippen molar-refractivity contribution in [2.24, 2.45) is 0 Å². The summed E-state index contributed by atoms with van der Waals surface area (Å²) >= 11 is 16.1. The molecule has 19 aromatic rings. The molecule has 20 rings (SSSR count). The first-order chi connectivity index (χ1) is 66.3. The van der Waals surface area contributed by atoms with Crippen LogP contribution in [-0.2, 0) is 11.9 Å². The average Bonchev–Trinajstić information content (AvgIpc) is 1.64. The fourth-order valence-corrected chi connectivity index (χ4v) is 14.1. The van der Waals surface area contributed by atoms with Gasteiger partial charge in [0.1, 0.15) is 63.2 Å². The van der Waals surface area contributed by atoms with Crippen LogP contribution < -0.4 is 50.5 Å². The van der Waals surface area contributed by atoms with E-state index in [2.05, 4.69) is 132 Å². The Kier molecular flexibility index (Phi) is 47.7. The predicted molar refractivity (Wildman–Crippen MR) is 563 cm³/mol. The molecule has 0 bridgehead atoms. The fraction of sp³-hybridized carbons (Fsp3) is 0.0103. The second kappa shape index (κ2) is 59.5. The van der Waals surface area contributed by atoms with E-state index in [1.54, 1.807) is 148 Å². The van der Waals surface area contributed by atoms with E-state index in [9.17, 15) is 20.1 Å². The van der Waals surface area contributed by atoms with E-state index in [1.165, 1.54) is 63.2 Å². The van der Waals surface area contributed by atoms with Crippen LogP contribution in [0.2, 0.25) is 0 Å². The molecule has 9 N–H and O–H groups in total. The Labute approximate surface area is 899 Å². The molecule has 0 saturated carbocycles. The summed E-state index contributed by atoms with van der Waals surface area (Å²) in [5.74, 6) is 6.81. The number of aromatic amines is 1. The molecule has 1 aliphatic rings.